The molecule has 1 N–H and O–H groups in total. The first-order valence-electron chi connectivity index (χ1n) is 6.00. The van der Waals surface area contributed by atoms with E-state index in [1.807, 2.05) is 12.3 Å². The fourth-order valence-electron chi connectivity index (χ4n) is 2.29. The summed E-state index contributed by atoms with van der Waals surface area (Å²) in [5.41, 5.74) is 1.15. The number of aromatic nitrogens is 1. The van der Waals surface area contributed by atoms with Crippen LogP contribution in [0.1, 0.15) is 44.3 Å². The van der Waals surface area contributed by atoms with Crippen molar-refractivity contribution < 1.29 is 0 Å². The standard InChI is InChI=1S/C13H20N2/c1-11(13-8-4-5-9-14-13)15-10-12-6-2-3-7-12/h4-5,8-9,11-12,15H,2-3,6-7,10H2,1H3/t11-/m0/s1. The molecule has 1 aliphatic carbocycles. The molecule has 1 saturated carbocycles. The van der Waals surface area contributed by atoms with E-state index >= 15 is 0 Å². The molecule has 15 heavy (non-hydrogen) atoms. The molecule has 0 aromatic carbocycles. The lowest BCUT2D eigenvalue weighted by atomic mass is 10.1. The van der Waals surface area contributed by atoms with Gasteiger partial charge in [0.1, 0.15) is 0 Å². The summed E-state index contributed by atoms with van der Waals surface area (Å²) in [6, 6.07) is 6.49. The van der Waals surface area contributed by atoms with Crippen molar-refractivity contribution >= 4 is 0 Å². The van der Waals surface area contributed by atoms with Crippen LogP contribution < -0.4 is 5.32 Å². The molecule has 1 aromatic rings. The third kappa shape index (κ3) is 3.03. The van der Waals surface area contributed by atoms with Gasteiger partial charge in [-0.25, -0.2) is 0 Å². The van der Waals surface area contributed by atoms with Crippen LogP contribution in [0.25, 0.3) is 0 Å². The summed E-state index contributed by atoms with van der Waals surface area (Å²) in [7, 11) is 0. The number of nitrogens with one attached hydrogen (secondary N) is 1. The number of rotatable bonds is 4. The van der Waals surface area contributed by atoms with Gasteiger partial charge in [0.2, 0.25) is 0 Å². The van der Waals surface area contributed by atoms with Crippen LogP contribution in [0.3, 0.4) is 0 Å². The van der Waals surface area contributed by atoms with Crippen LogP contribution in [0.5, 0.6) is 0 Å². The predicted molar refractivity (Wildman–Crippen MR) is 62.6 cm³/mol. The minimum atomic E-state index is 0.381. The Bertz CT molecular complexity index is 278. The Hall–Kier alpha value is -0.890. The van der Waals surface area contributed by atoms with Crippen molar-refractivity contribution in [1.29, 1.82) is 0 Å². The van der Waals surface area contributed by atoms with E-state index in [2.05, 4.69) is 29.4 Å². The summed E-state index contributed by atoms with van der Waals surface area (Å²) in [6.07, 6.45) is 7.52. The smallest absolute Gasteiger partial charge is 0.0570 e. The average molecular weight is 204 g/mol. The summed E-state index contributed by atoms with van der Waals surface area (Å²) in [5.74, 6) is 0.899. The minimum Gasteiger partial charge on any atom is -0.309 e. The highest BCUT2D eigenvalue weighted by Gasteiger charge is 2.15. The van der Waals surface area contributed by atoms with Crippen molar-refractivity contribution in [2.75, 3.05) is 6.54 Å². The van der Waals surface area contributed by atoms with Crippen LogP contribution >= 0.6 is 0 Å². The third-order valence-corrected chi connectivity index (χ3v) is 3.32. The Balaban J connectivity index is 1.79. The zero-order chi connectivity index (χ0) is 10.5. The molecule has 0 saturated heterocycles. The van der Waals surface area contributed by atoms with Gasteiger partial charge in [-0.05, 0) is 44.4 Å². The second kappa shape index (κ2) is 5.26. The van der Waals surface area contributed by atoms with Crippen molar-refractivity contribution in [3.8, 4) is 0 Å². The van der Waals surface area contributed by atoms with Gasteiger partial charge in [0.05, 0.1) is 5.69 Å². The molecular weight excluding hydrogens is 184 g/mol. The monoisotopic (exact) mass is 204 g/mol. The molecule has 0 bridgehead atoms. The van der Waals surface area contributed by atoms with Gasteiger partial charge in [-0.1, -0.05) is 18.9 Å². The van der Waals surface area contributed by atoms with Crippen molar-refractivity contribution in [3.05, 3.63) is 30.1 Å². The maximum absolute atomic E-state index is 4.36. The number of hydrogen-bond donors (Lipinski definition) is 1. The van der Waals surface area contributed by atoms with Crippen LogP contribution in [0, 0.1) is 5.92 Å². The molecule has 2 rings (SSSR count). The molecule has 2 heteroatoms. The van der Waals surface area contributed by atoms with Crippen molar-refractivity contribution in [2.24, 2.45) is 5.92 Å². The topological polar surface area (TPSA) is 24.9 Å². The van der Waals surface area contributed by atoms with Gasteiger partial charge in [0, 0.05) is 12.2 Å². The van der Waals surface area contributed by atoms with Crippen molar-refractivity contribution in [3.63, 3.8) is 0 Å². The lowest BCUT2D eigenvalue weighted by molar-refractivity contribution is 0.448. The molecule has 1 aromatic heterocycles. The number of nitrogens with zero attached hydrogens (tertiary/aromatic N) is 1. The molecule has 0 spiro atoms. The normalized spacial score (nSPS) is 19.3. The maximum Gasteiger partial charge on any atom is 0.0570 e. The van der Waals surface area contributed by atoms with Crippen LogP contribution in [-0.2, 0) is 0 Å². The maximum atomic E-state index is 4.36. The Morgan fingerprint density at radius 2 is 2.20 bits per heavy atom. The van der Waals surface area contributed by atoms with Gasteiger partial charge in [0.15, 0.2) is 0 Å². The quantitative estimate of drug-likeness (QED) is 0.815. The molecule has 0 aliphatic heterocycles. The molecule has 2 nitrogen and oxygen atoms in total. The van der Waals surface area contributed by atoms with E-state index in [1.165, 1.54) is 25.7 Å². The summed E-state index contributed by atoms with van der Waals surface area (Å²) < 4.78 is 0. The average Bonchev–Trinajstić information content (AvgIpc) is 2.80. The Morgan fingerprint density at radius 1 is 1.40 bits per heavy atom. The second-order valence-electron chi connectivity index (χ2n) is 4.54. The van der Waals surface area contributed by atoms with E-state index in [0.717, 1.165) is 18.2 Å². The summed E-state index contributed by atoms with van der Waals surface area (Å²) in [5, 5.41) is 3.58. The van der Waals surface area contributed by atoms with Crippen LogP contribution in [-0.4, -0.2) is 11.5 Å². The van der Waals surface area contributed by atoms with Crippen molar-refractivity contribution in [1.82, 2.24) is 10.3 Å². The van der Waals surface area contributed by atoms with Crippen LogP contribution in [0.15, 0.2) is 24.4 Å². The largest absolute Gasteiger partial charge is 0.309 e. The summed E-state index contributed by atoms with van der Waals surface area (Å²) in [4.78, 5) is 4.36. The molecule has 0 radical (unpaired) electrons. The Kier molecular flexibility index (Phi) is 3.73. The highest BCUT2D eigenvalue weighted by atomic mass is 14.9. The lowest BCUT2D eigenvalue weighted by Gasteiger charge is -2.16. The fourth-order valence-corrected chi connectivity index (χ4v) is 2.29. The first-order valence-corrected chi connectivity index (χ1v) is 6.00. The van der Waals surface area contributed by atoms with Gasteiger partial charge in [0.25, 0.3) is 0 Å². The van der Waals surface area contributed by atoms with E-state index in [4.69, 9.17) is 0 Å². The van der Waals surface area contributed by atoms with Gasteiger partial charge in [-0.3, -0.25) is 4.98 Å². The number of hydrogen-bond acceptors (Lipinski definition) is 2. The predicted octanol–water partition coefficient (Wildman–Crippen LogP) is 2.92. The van der Waals surface area contributed by atoms with Crippen molar-refractivity contribution in [2.45, 2.75) is 38.6 Å². The third-order valence-electron chi connectivity index (χ3n) is 3.32. The highest BCUT2D eigenvalue weighted by Crippen LogP contribution is 2.24. The highest BCUT2D eigenvalue weighted by molar-refractivity contribution is 5.07. The molecule has 1 heterocycles. The van der Waals surface area contributed by atoms with Crippen LogP contribution in [0.4, 0.5) is 0 Å². The van der Waals surface area contributed by atoms with Gasteiger partial charge in [-0.15, -0.1) is 0 Å². The van der Waals surface area contributed by atoms with Crippen LogP contribution in [0.2, 0.25) is 0 Å². The van der Waals surface area contributed by atoms with E-state index in [0.29, 0.717) is 6.04 Å². The lowest BCUT2D eigenvalue weighted by Crippen LogP contribution is -2.25. The molecule has 1 fully saturated rings. The molecule has 1 aliphatic rings. The summed E-state index contributed by atoms with van der Waals surface area (Å²) >= 11 is 0. The summed E-state index contributed by atoms with van der Waals surface area (Å²) in [6.45, 7) is 3.34. The van der Waals surface area contributed by atoms with E-state index in [9.17, 15) is 0 Å². The fraction of sp³-hybridized carbons (Fsp3) is 0.615. The molecular formula is C13H20N2. The minimum absolute atomic E-state index is 0.381. The van der Waals surface area contributed by atoms with E-state index in [1.54, 1.807) is 0 Å². The second-order valence-corrected chi connectivity index (χ2v) is 4.54. The Morgan fingerprint density at radius 3 is 2.87 bits per heavy atom. The first-order chi connectivity index (χ1) is 7.36. The SMILES string of the molecule is C[C@H](NCC1CCCC1)c1ccccn1. The van der Waals surface area contributed by atoms with Gasteiger partial charge in [-0.2, -0.15) is 0 Å². The molecule has 0 unspecified atom stereocenters. The van der Waals surface area contributed by atoms with E-state index in [-0.39, 0.29) is 0 Å². The molecule has 1 atom stereocenters. The Labute approximate surface area is 92.1 Å². The molecule has 82 valence electrons. The van der Waals surface area contributed by atoms with Gasteiger partial charge >= 0.3 is 0 Å². The van der Waals surface area contributed by atoms with E-state index < -0.39 is 0 Å². The zero-order valence-corrected chi connectivity index (χ0v) is 9.45. The number of pyridine rings is 1. The first kappa shape index (κ1) is 10.6. The zero-order valence-electron chi connectivity index (χ0n) is 9.45. The molecule has 0 amide bonds. The van der Waals surface area contributed by atoms with Gasteiger partial charge < -0.3 is 5.32 Å².